The molecule has 0 saturated heterocycles. The molecular formula is C15H20. The molecule has 0 aliphatic heterocycles. The molecule has 0 atom stereocenters. The van der Waals surface area contributed by atoms with E-state index in [1.165, 1.54) is 22.3 Å². The van der Waals surface area contributed by atoms with E-state index in [2.05, 4.69) is 52.0 Å². The molecule has 0 N–H and O–H groups in total. The predicted molar refractivity (Wildman–Crippen MR) is 67.1 cm³/mol. The highest BCUT2D eigenvalue weighted by Crippen LogP contribution is 2.34. The van der Waals surface area contributed by atoms with Crippen molar-refractivity contribution in [3.8, 4) is 0 Å². The van der Waals surface area contributed by atoms with Gasteiger partial charge < -0.3 is 0 Å². The van der Waals surface area contributed by atoms with Gasteiger partial charge in [-0.3, -0.25) is 0 Å². The minimum absolute atomic E-state index is 0.637. The molecule has 0 nitrogen and oxygen atoms in total. The summed E-state index contributed by atoms with van der Waals surface area (Å²) in [6.45, 7) is 9.06. The largest absolute Gasteiger partial charge is 0.0760 e. The van der Waals surface area contributed by atoms with Crippen molar-refractivity contribution < 1.29 is 0 Å². The standard InChI is InChI=1S/C15H20/c1-10(2)12-5-8-15-13(9-12)6-7-14(15)11(3)4/h5,7-11H,6H2,1-4H3. The zero-order valence-corrected chi connectivity index (χ0v) is 10.2. The molecule has 0 heteroatoms. The van der Waals surface area contributed by atoms with Crippen LogP contribution < -0.4 is 0 Å². The number of hydrogen-bond acceptors (Lipinski definition) is 0. The van der Waals surface area contributed by atoms with Gasteiger partial charge in [-0.1, -0.05) is 52.0 Å². The SMILES string of the molecule is CC(C)C1=CCc2cc(C(C)C)ccc21. The first-order valence-corrected chi connectivity index (χ1v) is 5.93. The van der Waals surface area contributed by atoms with E-state index in [4.69, 9.17) is 0 Å². The Hall–Kier alpha value is -1.04. The van der Waals surface area contributed by atoms with Crippen molar-refractivity contribution in [2.45, 2.75) is 40.0 Å². The molecule has 80 valence electrons. The Morgan fingerprint density at radius 3 is 2.33 bits per heavy atom. The molecule has 0 fully saturated rings. The summed E-state index contributed by atoms with van der Waals surface area (Å²) < 4.78 is 0. The van der Waals surface area contributed by atoms with Crippen molar-refractivity contribution in [1.82, 2.24) is 0 Å². The third-order valence-corrected chi connectivity index (χ3v) is 3.27. The number of hydrogen-bond donors (Lipinski definition) is 0. The van der Waals surface area contributed by atoms with Crippen molar-refractivity contribution in [2.75, 3.05) is 0 Å². The Balaban J connectivity index is 2.38. The Bertz CT molecular complexity index is 394. The van der Waals surface area contributed by atoms with Crippen LogP contribution in [0.3, 0.4) is 0 Å². The Morgan fingerprint density at radius 2 is 1.73 bits per heavy atom. The molecule has 0 bridgehead atoms. The van der Waals surface area contributed by atoms with Crippen LogP contribution in [0.1, 0.15) is 50.3 Å². The maximum Gasteiger partial charge on any atom is -0.00852 e. The van der Waals surface area contributed by atoms with Crippen LogP contribution in [0.4, 0.5) is 0 Å². The lowest BCUT2D eigenvalue weighted by atomic mass is 9.93. The van der Waals surface area contributed by atoms with Crippen LogP contribution in [0.2, 0.25) is 0 Å². The Morgan fingerprint density at radius 1 is 1.00 bits per heavy atom. The van der Waals surface area contributed by atoms with Crippen LogP contribution in [0, 0.1) is 5.92 Å². The van der Waals surface area contributed by atoms with Gasteiger partial charge in [0.15, 0.2) is 0 Å². The molecule has 1 aromatic rings. The summed E-state index contributed by atoms with van der Waals surface area (Å²) in [4.78, 5) is 0. The average molecular weight is 200 g/mol. The van der Waals surface area contributed by atoms with E-state index in [1.54, 1.807) is 0 Å². The van der Waals surface area contributed by atoms with Crippen LogP contribution in [0.5, 0.6) is 0 Å². The molecular weight excluding hydrogens is 180 g/mol. The van der Waals surface area contributed by atoms with E-state index < -0.39 is 0 Å². The van der Waals surface area contributed by atoms with E-state index in [9.17, 15) is 0 Å². The highest BCUT2D eigenvalue weighted by molar-refractivity contribution is 5.74. The van der Waals surface area contributed by atoms with E-state index in [0.29, 0.717) is 11.8 Å². The maximum absolute atomic E-state index is 2.39. The van der Waals surface area contributed by atoms with E-state index >= 15 is 0 Å². The second-order valence-electron chi connectivity index (χ2n) is 5.09. The van der Waals surface area contributed by atoms with Crippen molar-refractivity contribution in [1.29, 1.82) is 0 Å². The van der Waals surface area contributed by atoms with Gasteiger partial charge in [-0.25, -0.2) is 0 Å². The van der Waals surface area contributed by atoms with Gasteiger partial charge in [-0.15, -0.1) is 0 Å². The molecule has 15 heavy (non-hydrogen) atoms. The van der Waals surface area contributed by atoms with Gasteiger partial charge in [-0.05, 0) is 40.5 Å². The van der Waals surface area contributed by atoms with Gasteiger partial charge in [0.05, 0.1) is 0 Å². The molecule has 0 radical (unpaired) electrons. The second kappa shape index (κ2) is 3.84. The lowest BCUT2D eigenvalue weighted by Gasteiger charge is -2.12. The smallest absolute Gasteiger partial charge is 0.00852 e. The number of allylic oxidation sites excluding steroid dienone is 2. The lowest BCUT2D eigenvalue weighted by Crippen LogP contribution is -1.94. The normalized spacial score (nSPS) is 14.7. The maximum atomic E-state index is 2.39. The predicted octanol–water partition coefficient (Wildman–Crippen LogP) is 4.41. The van der Waals surface area contributed by atoms with Gasteiger partial charge >= 0.3 is 0 Å². The van der Waals surface area contributed by atoms with Crippen LogP contribution >= 0.6 is 0 Å². The molecule has 0 spiro atoms. The number of fused-ring (bicyclic) bond motifs is 1. The lowest BCUT2D eigenvalue weighted by molar-refractivity contribution is 0.853. The zero-order chi connectivity index (χ0) is 11.0. The van der Waals surface area contributed by atoms with E-state index in [0.717, 1.165) is 6.42 Å². The fraction of sp³-hybridized carbons (Fsp3) is 0.467. The van der Waals surface area contributed by atoms with Crippen molar-refractivity contribution in [3.05, 3.63) is 41.0 Å². The highest BCUT2D eigenvalue weighted by Gasteiger charge is 2.16. The minimum atomic E-state index is 0.637. The van der Waals surface area contributed by atoms with Gasteiger partial charge in [0.2, 0.25) is 0 Å². The molecule has 2 rings (SSSR count). The van der Waals surface area contributed by atoms with Crippen LogP contribution in [0.25, 0.3) is 5.57 Å². The Kier molecular flexibility index (Phi) is 2.68. The minimum Gasteiger partial charge on any atom is -0.0760 e. The summed E-state index contributed by atoms with van der Waals surface area (Å²) in [7, 11) is 0. The topological polar surface area (TPSA) is 0 Å². The first-order valence-electron chi connectivity index (χ1n) is 5.93. The molecule has 0 unspecified atom stereocenters. The fourth-order valence-corrected chi connectivity index (χ4v) is 2.30. The molecule has 1 aromatic carbocycles. The third-order valence-electron chi connectivity index (χ3n) is 3.27. The average Bonchev–Trinajstić information content (AvgIpc) is 2.59. The zero-order valence-electron chi connectivity index (χ0n) is 10.2. The number of benzene rings is 1. The molecule has 0 aromatic heterocycles. The van der Waals surface area contributed by atoms with E-state index in [1.807, 2.05) is 0 Å². The van der Waals surface area contributed by atoms with Gasteiger partial charge in [0.1, 0.15) is 0 Å². The summed E-state index contributed by atoms with van der Waals surface area (Å²) in [5, 5.41) is 0. The second-order valence-corrected chi connectivity index (χ2v) is 5.09. The first kappa shape index (κ1) is 10.5. The van der Waals surface area contributed by atoms with Gasteiger partial charge in [-0.2, -0.15) is 0 Å². The quantitative estimate of drug-likeness (QED) is 0.663. The van der Waals surface area contributed by atoms with Crippen LogP contribution in [0.15, 0.2) is 24.3 Å². The van der Waals surface area contributed by atoms with Gasteiger partial charge in [0.25, 0.3) is 0 Å². The van der Waals surface area contributed by atoms with Crippen molar-refractivity contribution in [2.24, 2.45) is 5.92 Å². The van der Waals surface area contributed by atoms with Crippen molar-refractivity contribution in [3.63, 3.8) is 0 Å². The first-order chi connectivity index (χ1) is 7.09. The van der Waals surface area contributed by atoms with Gasteiger partial charge in [0, 0.05) is 0 Å². The number of rotatable bonds is 2. The summed E-state index contributed by atoms with van der Waals surface area (Å²) in [6.07, 6.45) is 3.52. The van der Waals surface area contributed by atoms with Crippen LogP contribution in [-0.4, -0.2) is 0 Å². The van der Waals surface area contributed by atoms with Crippen LogP contribution in [-0.2, 0) is 6.42 Å². The fourth-order valence-electron chi connectivity index (χ4n) is 2.30. The van der Waals surface area contributed by atoms with Crippen molar-refractivity contribution >= 4 is 5.57 Å². The molecule has 0 saturated carbocycles. The highest BCUT2D eigenvalue weighted by atomic mass is 14.2. The monoisotopic (exact) mass is 200 g/mol. The summed E-state index contributed by atoms with van der Waals surface area (Å²) >= 11 is 0. The summed E-state index contributed by atoms with van der Waals surface area (Å²) in [5.41, 5.74) is 5.99. The third kappa shape index (κ3) is 1.86. The molecule has 0 heterocycles. The van der Waals surface area contributed by atoms with E-state index in [-0.39, 0.29) is 0 Å². The Labute approximate surface area is 93.0 Å². The molecule has 1 aliphatic carbocycles. The summed E-state index contributed by atoms with van der Waals surface area (Å²) in [6, 6.07) is 6.97. The molecule has 0 amide bonds. The molecule has 1 aliphatic rings. The summed E-state index contributed by atoms with van der Waals surface area (Å²) in [5.74, 6) is 1.29.